The van der Waals surface area contributed by atoms with Crippen LogP contribution in [-0.2, 0) is 22.3 Å². The van der Waals surface area contributed by atoms with Crippen molar-refractivity contribution in [2.45, 2.75) is 58.0 Å². The van der Waals surface area contributed by atoms with Gasteiger partial charge in [0.1, 0.15) is 0 Å². The van der Waals surface area contributed by atoms with Crippen molar-refractivity contribution in [1.82, 2.24) is 15.1 Å². The fourth-order valence-electron chi connectivity index (χ4n) is 2.55. The van der Waals surface area contributed by atoms with E-state index >= 15 is 0 Å². The number of aromatic nitrogens is 2. The molecule has 0 radical (unpaired) electrons. The average molecular weight is 398 g/mol. The first kappa shape index (κ1) is 18.3. The highest BCUT2D eigenvalue weighted by atomic mass is 79.9. The number of halogens is 4. The van der Waals surface area contributed by atoms with Crippen LogP contribution in [0, 0.1) is 6.92 Å². The molecule has 5 nitrogen and oxygen atoms in total. The second-order valence-corrected chi connectivity index (χ2v) is 6.42. The predicted octanol–water partition coefficient (Wildman–Crippen LogP) is 3.05. The van der Waals surface area contributed by atoms with Crippen LogP contribution in [0.5, 0.6) is 0 Å². The molecule has 0 saturated carbocycles. The number of carbonyl (C=O) groups excluding carboxylic acids is 1. The largest absolute Gasteiger partial charge is 0.436 e. The standard InChI is InChI=1S/C14H19BrF3N3O2/c1-8(10-4-3-7-23-10)19-11(22)5-6-21-9(2)12(15)13(20-21)14(16,17)18/h8,10H,3-7H2,1-2H3,(H,19,22)/t8-,10-/m0/s1. The maximum absolute atomic E-state index is 12.8. The quantitative estimate of drug-likeness (QED) is 0.830. The van der Waals surface area contributed by atoms with Gasteiger partial charge >= 0.3 is 6.18 Å². The molecule has 0 aliphatic carbocycles. The maximum atomic E-state index is 12.8. The second-order valence-electron chi connectivity index (χ2n) is 5.63. The molecule has 1 saturated heterocycles. The SMILES string of the molecule is Cc1c(Br)c(C(F)(F)F)nn1CCC(=O)N[C@@H](C)[C@@H]1CCCO1. The van der Waals surface area contributed by atoms with Gasteiger partial charge in [-0.15, -0.1) is 0 Å². The molecule has 0 bridgehead atoms. The Balaban J connectivity index is 1.91. The number of hydrogen-bond donors (Lipinski definition) is 1. The van der Waals surface area contributed by atoms with Gasteiger partial charge in [-0.05, 0) is 42.6 Å². The zero-order chi connectivity index (χ0) is 17.2. The Bertz CT molecular complexity index is 568. The first-order valence-electron chi connectivity index (χ1n) is 7.41. The number of hydrogen-bond acceptors (Lipinski definition) is 3. The van der Waals surface area contributed by atoms with E-state index in [1.165, 1.54) is 11.6 Å². The minimum Gasteiger partial charge on any atom is -0.376 e. The van der Waals surface area contributed by atoms with Crippen LogP contribution in [0.3, 0.4) is 0 Å². The molecule has 1 N–H and O–H groups in total. The van der Waals surface area contributed by atoms with Crippen LogP contribution in [0.2, 0.25) is 0 Å². The van der Waals surface area contributed by atoms with E-state index in [4.69, 9.17) is 4.74 Å². The van der Waals surface area contributed by atoms with Gasteiger partial charge in [-0.1, -0.05) is 0 Å². The van der Waals surface area contributed by atoms with Gasteiger partial charge in [0, 0.05) is 13.0 Å². The van der Waals surface area contributed by atoms with E-state index in [2.05, 4.69) is 26.3 Å². The van der Waals surface area contributed by atoms with Gasteiger partial charge < -0.3 is 10.1 Å². The number of alkyl halides is 3. The second kappa shape index (κ2) is 7.21. The van der Waals surface area contributed by atoms with Crippen LogP contribution in [0.1, 0.15) is 37.6 Å². The van der Waals surface area contributed by atoms with Gasteiger partial charge in [0.05, 0.1) is 28.9 Å². The summed E-state index contributed by atoms with van der Waals surface area (Å²) in [6, 6.07) is -0.110. The fourth-order valence-corrected chi connectivity index (χ4v) is 3.06. The minimum absolute atomic E-state index is 0.0105. The van der Waals surface area contributed by atoms with Crippen LogP contribution in [0.25, 0.3) is 0 Å². The normalized spacial score (nSPS) is 19.8. The number of ether oxygens (including phenoxy) is 1. The summed E-state index contributed by atoms with van der Waals surface area (Å²) < 4.78 is 45.0. The molecule has 2 heterocycles. The van der Waals surface area contributed by atoms with E-state index in [1.54, 1.807) is 0 Å². The van der Waals surface area contributed by atoms with E-state index in [1.807, 2.05) is 6.92 Å². The number of nitrogens with zero attached hydrogens (tertiary/aromatic N) is 2. The highest BCUT2D eigenvalue weighted by Crippen LogP contribution is 2.35. The zero-order valence-corrected chi connectivity index (χ0v) is 14.5. The van der Waals surface area contributed by atoms with E-state index in [0.717, 1.165) is 12.8 Å². The van der Waals surface area contributed by atoms with E-state index in [-0.39, 0.29) is 35.5 Å². The molecule has 9 heteroatoms. The van der Waals surface area contributed by atoms with Gasteiger partial charge in [-0.2, -0.15) is 18.3 Å². The van der Waals surface area contributed by atoms with Crippen molar-refractivity contribution in [3.8, 4) is 0 Å². The van der Waals surface area contributed by atoms with Gasteiger partial charge in [0.25, 0.3) is 0 Å². The summed E-state index contributed by atoms with van der Waals surface area (Å²) in [5, 5.41) is 6.37. The fraction of sp³-hybridized carbons (Fsp3) is 0.714. The van der Waals surface area contributed by atoms with Crippen LogP contribution < -0.4 is 5.32 Å². The molecule has 0 aromatic carbocycles. The molecule has 1 aromatic rings. The molecule has 1 aromatic heterocycles. The van der Waals surface area contributed by atoms with Crippen LogP contribution in [-0.4, -0.2) is 34.4 Å². The molecular formula is C14H19BrF3N3O2. The van der Waals surface area contributed by atoms with Crippen LogP contribution >= 0.6 is 15.9 Å². The lowest BCUT2D eigenvalue weighted by molar-refractivity contribution is -0.142. The van der Waals surface area contributed by atoms with Gasteiger partial charge in [0.15, 0.2) is 5.69 Å². The summed E-state index contributed by atoms with van der Waals surface area (Å²) in [6.45, 7) is 4.18. The molecule has 1 aliphatic heterocycles. The predicted molar refractivity (Wildman–Crippen MR) is 80.9 cm³/mol. The Morgan fingerprint density at radius 2 is 2.26 bits per heavy atom. The van der Waals surface area contributed by atoms with Crippen molar-refractivity contribution >= 4 is 21.8 Å². The minimum atomic E-state index is -4.52. The molecule has 0 spiro atoms. The van der Waals surface area contributed by atoms with E-state index in [0.29, 0.717) is 12.3 Å². The number of aryl methyl sites for hydroxylation is 1. The van der Waals surface area contributed by atoms with E-state index in [9.17, 15) is 18.0 Å². The monoisotopic (exact) mass is 397 g/mol. The van der Waals surface area contributed by atoms with Crippen LogP contribution in [0.15, 0.2) is 4.47 Å². The summed E-state index contributed by atoms with van der Waals surface area (Å²) in [7, 11) is 0. The van der Waals surface area contributed by atoms with Crippen molar-refractivity contribution < 1.29 is 22.7 Å². The molecule has 2 atom stereocenters. The zero-order valence-electron chi connectivity index (χ0n) is 12.9. The van der Waals surface area contributed by atoms with Crippen molar-refractivity contribution in [1.29, 1.82) is 0 Å². The smallest absolute Gasteiger partial charge is 0.376 e. The summed E-state index contributed by atoms with van der Waals surface area (Å²) in [5.74, 6) is -0.229. The molecule has 1 aliphatic rings. The summed E-state index contributed by atoms with van der Waals surface area (Å²) in [6.07, 6.45) is -2.57. The lowest BCUT2D eigenvalue weighted by Gasteiger charge is -2.20. The molecule has 0 unspecified atom stereocenters. The number of rotatable bonds is 5. The lowest BCUT2D eigenvalue weighted by atomic mass is 10.1. The number of amides is 1. The Morgan fingerprint density at radius 3 is 2.78 bits per heavy atom. The van der Waals surface area contributed by atoms with Gasteiger partial charge in [-0.25, -0.2) is 0 Å². The first-order valence-corrected chi connectivity index (χ1v) is 8.20. The lowest BCUT2D eigenvalue weighted by Crippen LogP contribution is -2.41. The van der Waals surface area contributed by atoms with Crippen LogP contribution in [0.4, 0.5) is 13.2 Å². The van der Waals surface area contributed by atoms with Crippen molar-refractivity contribution in [2.24, 2.45) is 0 Å². The highest BCUT2D eigenvalue weighted by Gasteiger charge is 2.37. The number of nitrogens with one attached hydrogen (secondary N) is 1. The van der Waals surface area contributed by atoms with E-state index < -0.39 is 11.9 Å². The first-order chi connectivity index (χ1) is 10.7. The maximum Gasteiger partial charge on any atom is 0.436 e. The topological polar surface area (TPSA) is 56.2 Å². The van der Waals surface area contributed by atoms with Gasteiger partial charge in [0.2, 0.25) is 5.91 Å². The molecule has 2 rings (SSSR count). The molecule has 130 valence electrons. The highest BCUT2D eigenvalue weighted by molar-refractivity contribution is 9.10. The van der Waals surface area contributed by atoms with Crippen molar-refractivity contribution in [3.63, 3.8) is 0 Å². The Morgan fingerprint density at radius 1 is 1.57 bits per heavy atom. The Hall–Kier alpha value is -1.09. The Labute approximate surface area is 140 Å². The molecule has 1 amide bonds. The summed E-state index contributed by atoms with van der Waals surface area (Å²) >= 11 is 2.91. The Kier molecular flexibility index (Phi) is 5.72. The average Bonchev–Trinajstić information content (AvgIpc) is 3.07. The molecular weight excluding hydrogens is 379 g/mol. The van der Waals surface area contributed by atoms with Crippen molar-refractivity contribution in [3.05, 3.63) is 15.9 Å². The third-order valence-electron chi connectivity index (χ3n) is 3.86. The number of carbonyl (C=O) groups is 1. The van der Waals surface area contributed by atoms with Crippen molar-refractivity contribution in [2.75, 3.05) is 6.61 Å². The summed E-state index contributed by atoms with van der Waals surface area (Å²) in [5.41, 5.74) is -0.625. The summed E-state index contributed by atoms with van der Waals surface area (Å²) in [4.78, 5) is 11.9. The molecule has 23 heavy (non-hydrogen) atoms. The van der Waals surface area contributed by atoms with Gasteiger partial charge in [-0.3, -0.25) is 9.48 Å². The third kappa shape index (κ3) is 4.47. The third-order valence-corrected chi connectivity index (χ3v) is 4.81. The molecule has 1 fully saturated rings.